The van der Waals surface area contributed by atoms with Crippen molar-refractivity contribution in [2.75, 3.05) is 7.11 Å². The summed E-state index contributed by atoms with van der Waals surface area (Å²) in [6.07, 6.45) is 1.55. The Bertz CT molecular complexity index is 553. The van der Waals surface area contributed by atoms with E-state index >= 15 is 0 Å². The van der Waals surface area contributed by atoms with Gasteiger partial charge in [0.2, 0.25) is 0 Å². The summed E-state index contributed by atoms with van der Waals surface area (Å²) < 4.78 is 10.9. The first-order valence-corrected chi connectivity index (χ1v) is 5.47. The van der Waals surface area contributed by atoms with Gasteiger partial charge in [0.1, 0.15) is 17.2 Å². The average molecular weight is 242 g/mol. The largest absolute Gasteiger partial charge is 0.497 e. The van der Waals surface area contributed by atoms with E-state index in [2.05, 4.69) is 5.10 Å². The maximum atomic E-state index is 5.78. The molecule has 0 atom stereocenters. The fraction of sp³-hybridized carbons (Fsp3) is 0.0714. The van der Waals surface area contributed by atoms with Crippen LogP contribution < -0.4 is 15.3 Å². The SMILES string of the molecule is COc1cccc(Oc2ccccc2C=NN)c1. The average Bonchev–Trinajstić information content (AvgIpc) is 2.41. The van der Waals surface area contributed by atoms with Crippen molar-refractivity contribution in [3.8, 4) is 17.2 Å². The molecule has 0 aliphatic carbocycles. The first kappa shape index (κ1) is 12.0. The maximum absolute atomic E-state index is 5.78. The lowest BCUT2D eigenvalue weighted by Crippen LogP contribution is -1.92. The summed E-state index contributed by atoms with van der Waals surface area (Å²) in [6, 6.07) is 14.9. The Morgan fingerprint density at radius 1 is 1.06 bits per heavy atom. The first-order valence-electron chi connectivity index (χ1n) is 5.47. The molecular formula is C14H14N2O2. The molecule has 2 aromatic carbocycles. The first-order chi connectivity index (χ1) is 8.83. The molecule has 0 bridgehead atoms. The molecule has 0 aliphatic heterocycles. The van der Waals surface area contributed by atoms with Gasteiger partial charge in [-0.3, -0.25) is 0 Å². The number of hydrogen-bond acceptors (Lipinski definition) is 4. The monoisotopic (exact) mass is 242 g/mol. The van der Waals surface area contributed by atoms with Gasteiger partial charge in [-0.15, -0.1) is 0 Å². The minimum absolute atomic E-state index is 0.694. The number of ether oxygens (including phenoxy) is 2. The second-order valence-corrected chi connectivity index (χ2v) is 3.60. The van der Waals surface area contributed by atoms with E-state index in [4.69, 9.17) is 15.3 Å². The highest BCUT2D eigenvalue weighted by Crippen LogP contribution is 2.26. The number of para-hydroxylation sites is 1. The lowest BCUT2D eigenvalue weighted by molar-refractivity contribution is 0.409. The normalized spacial score (nSPS) is 10.5. The molecule has 0 spiro atoms. The molecule has 0 saturated heterocycles. The van der Waals surface area contributed by atoms with Gasteiger partial charge >= 0.3 is 0 Å². The van der Waals surface area contributed by atoms with E-state index in [-0.39, 0.29) is 0 Å². The van der Waals surface area contributed by atoms with Crippen molar-refractivity contribution in [3.63, 3.8) is 0 Å². The summed E-state index contributed by atoms with van der Waals surface area (Å²) >= 11 is 0. The van der Waals surface area contributed by atoms with Crippen molar-refractivity contribution < 1.29 is 9.47 Å². The molecule has 0 radical (unpaired) electrons. The zero-order valence-electron chi connectivity index (χ0n) is 10.0. The third kappa shape index (κ3) is 2.79. The highest BCUT2D eigenvalue weighted by atomic mass is 16.5. The minimum atomic E-state index is 0.694. The lowest BCUT2D eigenvalue weighted by Gasteiger charge is -2.09. The van der Waals surface area contributed by atoms with Crippen LogP contribution in [0.1, 0.15) is 5.56 Å². The van der Waals surface area contributed by atoms with E-state index < -0.39 is 0 Å². The fourth-order valence-electron chi connectivity index (χ4n) is 1.55. The molecule has 18 heavy (non-hydrogen) atoms. The molecule has 0 fully saturated rings. The molecular weight excluding hydrogens is 228 g/mol. The molecule has 0 unspecified atom stereocenters. The Morgan fingerprint density at radius 3 is 2.61 bits per heavy atom. The Hall–Kier alpha value is -2.49. The van der Waals surface area contributed by atoms with Gasteiger partial charge in [0.05, 0.1) is 13.3 Å². The van der Waals surface area contributed by atoms with Crippen molar-refractivity contribution in [2.24, 2.45) is 10.9 Å². The highest BCUT2D eigenvalue weighted by Gasteiger charge is 2.03. The van der Waals surface area contributed by atoms with Crippen LogP contribution in [0, 0.1) is 0 Å². The molecule has 0 amide bonds. The maximum Gasteiger partial charge on any atom is 0.136 e. The van der Waals surface area contributed by atoms with Crippen molar-refractivity contribution in [1.29, 1.82) is 0 Å². The van der Waals surface area contributed by atoms with E-state index in [9.17, 15) is 0 Å². The van der Waals surface area contributed by atoms with Gasteiger partial charge in [-0.2, -0.15) is 5.10 Å². The van der Waals surface area contributed by atoms with E-state index in [1.165, 1.54) is 0 Å². The smallest absolute Gasteiger partial charge is 0.136 e. The quantitative estimate of drug-likeness (QED) is 0.509. The topological polar surface area (TPSA) is 56.8 Å². The predicted octanol–water partition coefficient (Wildman–Crippen LogP) is 2.78. The van der Waals surface area contributed by atoms with Crippen molar-refractivity contribution in [2.45, 2.75) is 0 Å². The summed E-state index contributed by atoms with van der Waals surface area (Å²) in [5.74, 6) is 7.31. The number of hydrogen-bond donors (Lipinski definition) is 1. The number of benzene rings is 2. The summed E-state index contributed by atoms with van der Waals surface area (Å²) in [5.41, 5.74) is 0.822. The van der Waals surface area contributed by atoms with E-state index in [1.54, 1.807) is 13.3 Å². The molecule has 4 heteroatoms. The predicted molar refractivity (Wildman–Crippen MR) is 71.3 cm³/mol. The standard InChI is InChI=1S/C14H14N2O2/c1-17-12-6-4-7-13(9-12)18-14-8-3-2-5-11(14)10-16-15/h2-10H,15H2,1H3. The van der Waals surface area contributed by atoms with Gasteiger partial charge in [0, 0.05) is 11.6 Å². The third-order valence-electron chi connectivity index (χ3n) is 2.40. The molecule has 2 N–H and O–H groups in total. The third-order valence-corrected chi connectivity index (χ3v) is 2.40. The van der Waals surface area contributed by atoms with E-state index in [0.717, 1.165) is 11.3 Å². The molecule has 4 nitrogen and oxygen atoms in total. The van der Waals surface area contributed by atoms with Gasteiger partial charge in [0.15, 0.2) is 0 Å². The van der Waals surface area contributed by atoms with Gasteiger partial charge < -0.3 is 15.3 Å². The van der Waals surface area contributed by atoms with Crippen molar-refractivity contribution in [3.05, 3.63) is 54.1 Å². The van der Waals surface area contributed by atoms with Crippen molar-refractivity contribution in [1.82, 2.24) is 0 Å². The summed E-state index contributed by atoms with van der Waals surface area (Å²) in [6.45, 7) is 0. The fourth-order valence-corrected chi connectivity index (χ4v) is 1.55. The number of methoxy groups -OCH3 is 1. The van der Waals surface area contributed by atoms with Crippen LogP contribution in [-0.2, 0) is 0 Å². The van der Waals surface area contributed by atoms with Crippen LogP contribution in [0.25, 0.3) is 0 Å². The number of hydrazone groups is 1. The van der Waals surface area contributed by atoms with Gasteiger partial charge in [-0.25, -0.2) is 0 Å². The van der Waals surface area contributed by atoms with E-state index in [1.807, 2.05) is 48.5 Å². The lowest BCUT2D eigenvalue weighted by atomic mass is 10.2. The number of nitrogens with two attached hydrogens (primary N) is 1. The minimum Gasteiger partial charge on any atom is -0.497 e. The van der Waals surface area contributed by atoms with Gasteiger partial charge in [-0.05, 0) is 24.3 Å². The Morgan fingerprint density at radius 2 is 1.83 bits per heavy atom. The number of rotatable bonds is 4. The Kier molecular flexibility index (Phi) is 3.81. The second kappa shape index (κ2) is 5.72. The van der Waals surface area contributed by atoms with Crippen LogP contribution in [-0.4, -0.2) is 13.3 Å². The van der Waals surface area contributed by atoms with Crippen LogP contribution in [0.2, 0.25) is 0 Å². The zero-order valence-corrected chi connectivity index (χ0v) is 10.0. The molecule has 0 aromatic heterocycles. The second-order valence-electron chi connectivity index (χ2n) is 3.60. The summed E-state index contributed by atoms with van der Waals surface area (Å²) in [5, 5.41) is 3.51. The van der Waals surface area contributed by atoms with Crippen LogP contribution in [0.4, 0.5) is 0 Å². The summed E-state index contributed by atoms with van der Waals surface area (Å²) in [7, 11) is 1.62. The zero-order chi connectivity index (χ0) is 12.8. The molecule has 92 valence electrons. The molecule has 0 aliphatic rings. The molecule has 0 saturated carbocycles. The molecule has 2 rings (SSSR count). The van der Waals surface area contributed by atoms with E-state index in [0.29, 0.717) is 11.5 Å². The van der Waals surface area contributed by atoms with Crippen molar-refractivity contribution >= 4 is 6.21 Å². The number of nitrogens with zero attached hydrogens (tertiary/aromatic N) is 1. The Balaban J connectivity index is 2.27. The summed E-state index contributed by atoms with van der Waals surface area (Å²) in [4.78, 5) is 0. The molecule has 0 heterocycles. The van der Waals surface area contributed by atoms with Crippen LogP contribution in [0.3, 0.4) is 0 Å². The van der Waals surface area contributed by atoms with Gasteiger partial charge in [-0.1, -0.05) is 18.2 Å². The van der Waals surface area contributed by atoms with Crippen LogP contribution in [0.15, 0.2) is 53.6 Å². The Labute approximate surface area is 106 Å². The van der Waals surface area contributed by atoms with Crippen LogP contribution >= 0.6 is 0 Å². The van der Waals surface area contributed by atoms with Crippen LogP contribution in [0.5, 0.6) is 17.2 Å². The van der Waals surface area contributed by atoms with Gasteiger partial charge in [0.25, 0.3) is 0 Å². The highest BCUT2D eigenvalue weighted by molar-refractivity contribution is 5.83. The molecule has 2 aromatic rings.